The number of aromatic amines is 1. The lowest BCUT2D eigenvalue weighted by atomic mass is 9.90. The number of rotatable bonds is 4. The molecule has 0 saturated carbocycles. The van der Waals surface area contributed by atoms with E-state index in [9.17, 15) is 13.2 Å². The molecule has 4 rings (SSSR count). The first kappa shape index (κ1) is 17.8. The van der Waals surface area contributed by atoms with Gasteiger partial charge in [0.2, 0.25) is 0 Å². The third-order valence-electron chi connectivity index (χ3n) is 5.13. The Morgan fingerprint density at radius 3 is 2.52 bits per heavy atom. The van der Waals surface area contributed by atoms with Gasteiger partial charge in [0, 0.05) is 30.3 Å². The molecule has 6 heteroatoms. The molecule has 0 amide bonds. The summed E-state index contributed by atoms with van der Waals surface area (Å²) in [7, 11) is 0. The first-order valence-electron chi connectivity index (χ1n) is 9.06. The first-order chi connectivity index (χ1) is 13.1. The quantitative estimate of drug-likeness (QED) is 0.709. The number of nitrogens with one attached hydrogen (secondary N) is 1. The van der Waals surface area contributed by atoms with E-state index in [-0.39, 0.29) is 17.3 Å². The zero-order chi connectivity index (χ0) is 18.8. The van der Waals surface area contributed by atoms with Crippen molar-refractivity contribution in [2.45, 2.75) is 25.3 Å². The van der Waals surface area contributed by atoms with Crippen LogP contribution in [0.3, 0.4) is 0 Å². The van der Waals surface area contributed by atoms with Crippen molar-refractivity contribution >= 4 is 0 Å². The van der Waals surface area contributed by atoms with Crippen molar-refractivity contribution in [1.82, 2.24) is 15.1 Å². The van der Waals surface area contributed by atoms with Crippen LogP contribution in [0.25, 0.3) is 11.1 Å². The number of benzene rings is 2. The summed E-state index contributed by atoms with van der Waals surface area (Å²) >= 11 is 0. The summed E-state index contributed by atoms with van der Waals surface area (Å²) in [5.41, 5.74) is 2.26. The number of hydrogen-bond acceptors (Lipinski definition) is 2. The molecule has 1 aliphatic heterocycles. The molecule has 27 heavy (non-hydrogen) atoms. The summed E-state index contributed by atoms with van der Waals surface area (Å²) in [6.45, 7) is 2.41. The van der Waals surface area contributed by atoms with Crippen LogP contribution in [0, 0.1) is 17.5 Å². The lowest BCUT2D eigenvalue weighted by Gasteiger charge is -2.32. The molecule has 0 aliphatic carbocycles. The summed E-state index contributed by atoms with van der Waals surface area (Å²) in [6.07, 6.45) is 3.39. The van der Waals surface area contributed by atoms with Gasteiger partial charge in [-0.2, -0.15) is 5.10 Å². The molecule has 0 radical (unpaired) electrons. The van der Waals surface area contributed by atoms with Crippen molar-refractivity contribution in [3.05, 3.63) is 77.4 Å². The molecule has 1 atom stereocenters. The van der Waals surface area contributed by atoms with Crippen LogP contribution in [-0.4, -0.2) is 28.2 Å². The Balaban J connectivity index is 1.56. The Hall–Kier alpha value is -2.60. The van der Waals surface area contributed by atoms with E-state index >= 15 is 0 Å². The van der Waals surface area contributed by atoms with E-state index in [0.29, 0.717) is 12.1 Å². The predicted octanol–water partition coefficient (Wildman–Crippen LogP) is 4.87. The van der Waals surface area contributed by atoms with Crippen LogP contribution in [0.4, 0.5) is 13.2 Å². The largest absolute Gasteiger partial charge is 0.298 e. The summed E-state index contributed by atoms with van der Waals surface area (Å²) < 4.78 is 41.6. The average Bonchev–Trinajstić information content (AvgIpc) is 3.13. The predicted molar refractivity (Wildman–Crippen MR) is 97.6 cm³/mol. The van der Waals surface area contributed by atoms with E-state index in [1.165, 1.54) is 36.5 Å². The molecule has 1 fully saturated rings. The zero-order valence-corrected chi connectivity index (χ0v) is 14.8. The Kier molecular flexibility index (Phi) is 4.99. The minimum Gasteiger partial charge on any atom is -0.298 e. The van der Waals surface area contributed by atoms with Gasteiger partial charge < -0.3 is 0 Å². The number of hydrogen-bond donors (Lipinski definition) is 1. The van der Waals surface area contributed by atoms with Crippen molar-refractivity contribution in [2.24, 2.45) is 0 Å². The molecule has 1 saturated heterocycles. The minimum absolute atomic E-state index is 0.0306. The second-order valence-electron chi connectivity index (χ2n) is 6.99. The van der Waals surface area contributed by atoms with E-state index in [4.69, 9.17) is 0 Å². The van der Waals surface area contributed by atoms with Crippen LogP contribution < -0.4 is 0 Å². The van der Waals surface area contributed by atoms with Gasteiger partial charge in [0.05, 0.1) is 11.8 Å². The van der Waals surface area contributed by atoms with E-state index in [0.717, 1.165) is 37.2 Å². The molecule has 140 valence electrons. The van der Waals surface area contributed by atoms with Crippen LogP contribution in [0.5, 0.6) is 0 Å². The molecule has 1 aromatic heterocycles. The lowest BCUT2D eigenvalue weighted by molar-refractivity contribution is 0.198. The van der Waals surface area contributed by atoms with Gasteiger partial charge in [0.25, 0.3) is 0 Å². The van der Waals surface area contributed by atoms with Crippen molar-refractivity contribution < 1.29 is 13.2 Å². The van der Waals surface area contributed by atoms with E-state index in [2.05, 4.69) is 15.1 Å². The molecule has 0 spiro atoms. The zero-order valence-electron chi connectivity index (χ0n) is 14.8. The first-order valence-corrected chi connectivity index (χ1v) is 9.06. The second-order valence-corrected chi connectivity index (χ2v) is 6.99. The van der Waals surface area contributed by atoms with Gasteiger partial charge in [-0.1, -0.05) is 18.2 Å². The standard InChI is InChI=1S/C21H20F3N3/c22-16-8-6-14(7-9-16)12-27-10-2-3-15(13-27)21-17(11-25-26-21)20-18(23)4-1-5-19(20)24/h1,4-9,11,15H,2-3,10,12-13H2,(H,25,26)/t15-/m0/s1. The molecule has 1 N–H and O–H groups in total. The van der Waals surface area contributed by atoms with Gasteiger partial charge in [-0.15, -0.1) is 0 Å². The Bertz CT molecular complexity index is 900. The van der Waals surface area contributed by atoms with Crippen molar-refractivity contribution in [2.75, 3.05) is 13.1 Å². The SMILES string of the molecule is Fc1ccc(CN2CCC[C@H](c3[nH]ncc3-c3c(F)cccc3F)C2)cc1. The van der Waals surface area contributed by atoms with Crippen molar-refractivity contribution in [3.8, 4) is 11.1 Å². The summed E-state index contributed by atoms with van der Waals surface area (Å²) in [6, 6.07) is 10.4. The Morgan fingerprint density at radius 1 is 1.04 bits per heavy atom. The molecule has 0 unspecified atom stereocenters. The smallest absolute Gasteiger partial charge is 0.134 e. The number of nitrogens with zero attached hydrogens (tertiary/aromatic N) is 2. The Morgan fingerprint density at radius 2 is 1.78 bits per heavy atom. The van der Waals surface area contributed by atoms with E-state index in [1.807, 2.05) is 0 Å². The summed E-state index contributed by atoms with van der Waals surface area (Å²) in [5.74, 6) is -1.31. The lowest BCUT2D eigenvalue weighted by Crippen LogP contribution is -2.34. The molecule has 3 aromatic rings. The fraction of sp³-hybridized carbons (Fsp3) is 0.286. The van der Waals surface area contributed by atoms with Gasteiger partial charge in [-0.25, -0.2) is 13.2 Å². The third kappa shape index (κ3) is 3.76. The van der Waals surface area contributed by atoms with Gasteiger partial charge >= 0.3 is 0 Å². The van der Waals surface area contributed by atoms with Crippen LogP contribution in [0.2, 0.25) is 0 Å². The number of H-pyrrole nitrogens is 1. The molecule has 2 aromatic carbocycles. The highest BCUT2D eigenvalue weighted by atomic mass is 19.1. The molecule has 2 heterocycles. The fourth-order valence-electron chi connectivity index (χ4n) is 3.84. The van der Waals surface area contributed by atoms with Crippen molar-refractivity contribution in [1.29, 1.82) is 0 Å². The average molecular weight is 371 g/mol. The minimum atomic E-state index is -0.586. The van der Waals surface area contributed by atoms with Crippen LogP contribution >= 0.6 is 0 Å². The maximum absolute atomic E-state index is 14.2. The number of likely N-dealkylation sites (tertiary alicyclic amines) is 1. The topological polar surface area (TPSA) is 31.9 Å². The number of piperidine rings is 1. The monoisotopic (exact) mass is 371 g/mol. The number of halogens is 3. The number of aromatic nitrogens is 2. The maximum atomic E-state index is 14.2. The summed E-state index contributed by atoms with van der Waals surface area (Å²) in [5, 5.41) is 7.02. The van der Waals surface area contributed by atoms with E-state index in [1.54, 1.807) is 12.1 Å². The highest BCUT2D eigenvalue weighted by molar-refractivity contribution is 5.67. The van der Waals surface area contributed by atoms with Gasteiger partial charge in [-0.3, -0.25) is 10.00 Å². The summed E-state index contributed by atoms with van der Waals surface area (Å²) in [4.78, 5) is 2.28. The highest BCUT2D eigenvalue weighted by Crippen LogP contribution is 2.35. The van der Waals surface area contributed by atoms with Gasteiger partial charge in [0.1, 0.15) is 17.5 Å². The second kappa shape index (κ2) is 7.56. The van der Waals surface area contributed by atoms with Crippen LogP contribution in [0.1, 0.15) is 30.0 Å². The van der Waals surface area contributed by atoms with Crippen molar-refractivity contribution in [3.63, 3.8) is 0 Å². The van der Waals surface area contributed by atoms with Gasteiger partial charge in [0.15, 0.2) is 0 Å². The molecular weight excluding hydrogens is 351 g/mol. The maximum Gasteiger partial charge on any atom is 0.134 e. The normalized spacial score (nSPS) is 18.0. The molecule has 3 nitrogen and oxygen atoms in total. The van der Waals surface area contributed by atoms with Crippen LogP contribution in [0.15, 0.2) is 48.7 Å². The Labute approximate surface area is 155 Å². The molecular formula is C21H20F3N3. The highest BCUT2D eigenvalue weighted by Gasteiger charge is 2.27. The van der Waals surface area contributed by atoms with Crippen LogP contribution in [-0.2, 0) is 6.54 Å². The van der Waals surface area contributed by atoms with Gasteiger partial charge in [-0.05, 0) is 49.2 Å². The van der Waals surface area contributed by atoms with E-state index < -0.39 is 11.6 Å². The fourth-order valence-corrected chi connectivity index (χ4v) is 3.84. The molecule has 1 aliphatic rings. The third-order valence-corrected chi connectivity index (χ3v) is 5.13. The molecule has 0 bridgehead atoms.